The van der Waals surface area contributed by atoms with Gasteiger partial charge in [0.05, 0.1) is 5.69 Å². The smallest absolute Gasteiger partial charge is 0.195 e. The van der Waals surface area contributed by atoms with E-state index in [4.69, 9.17) is 10.7 Å². The van der Waals surface area contributed by atoms with Crippen LogP contribution in [0.3, 0.4) is 0 Å². The third-order valence-corrected chi connectivity index (χ3v) is 4.07. The van der Waals surface area contributed by atoms with Crippen molar-refractivity contribution in [3.63, 3.8) is 0 Å². The molecule has 0 aromatic carbocycles. The van der Waals surface area contributed by atoms with Gasteiger partial charge in [-0.05, 0) is 34.0 Å². The van der Waals surface area contributed by atoms with Gasteiger partial charge in [0.2, 0.25) is 0 Å². The van der Waals surface area contributed by atoms with Gasteiger partial charge in [-0.1, -0.05) is 0 Å². The second-order valence-corrected chi connectivity index (χ2v) is 6.57. The number of nitrogens with two attached hydrogens (primary N) is 1. The molecule has 0 aliphatic heterocycles. The molecule has 2 rings (SSSR count). The number of nitrogens with zero attached hydrogens (tertiary/aromatic N) is 4. The van der Waals surface area contributed by atoms with E-state index in [2.05, 4.69) is 46.9 Å². The van der Waals surface area contributed by atoms with E-state index in [1.807, 2.05) is 6.92 Å². The fraction of sp³-hybridized carbons (Fsp3) is 0.643. The van der Waals surface area contributed by atoms with Crippen molar-refractivity contribution in [3.05, 3.63) is 17.3 Å². The first kappa shape index (κ1) is 15.3. The number of imidazole rings is 1. The topological polar surface area (TPSA) is 49.8 Å². The fourth-order valence-electron chi connectivity index (χ4n) is 2.35. The molecule has 2 aromatic heterocycles. The SMILES string of the molecule is CC(N)Cc1c(N(C)CCCN(C)C)nc2sccn12. The molecule has 1 atom stereocenters. The van der Waals surface area contributed by atoms with Gasteiger partial charge in [-0.15, -0.1) is 11.3 Å². The predicted molar refractivity (Wildman–Crippen MR) is 86.9 cm³/mol. The number of fused-ring (bicyclic) bond motifs is 1. The third-order valence-electron chi connectivity index (χ3n) is 3.32. The fourth-order valence-corrected chi connectivity index (χ4v) is 3.08. The van der Waals surface area contributed by atoms with Crippen LogP contribution in [0.15, 0.2) is 11.6 Å². The van der Waals surface area contributed by atoms with Crippen molar-refractivity contribution in [1.82, 2.24) is 14.3 Å². The Balaban J connectivity index is 2.16. The summed E-state index contributed by atoms with van der Waals surface area (Å²) in [5.41, 5.74) is 7.21. The maximum Gasteiger partial charge on any atom is 0.195 e. The average molecular weight is 295 g/mol. The van der Waals surface area contributed by atoms with Crippen LogP contribution in [0.25, 0.3) is 4.96 Å². The summed E-state index contributed by atoms with van der Waals surface area (Å²) in [6, 6.07) is 0.142. The highest BCUT2D eigenvalue weighted by atomic mass is 32.1. The number of hydrogen-bond donors (Lipinski definition) is 1. The molecular formula is C14H25N5S. The van der Waals surface area contributed by atoms with Gasteiger partial charge in [0, 0.05) is 37.6 Å². The molecular weight excluding hydrogens is 270 g/mol. The summed E-state index contributed by atoms with van der Waals surface area (Å²) < 4.78 is 2.17. The zero-order valence-corrected chi connectivity index (χ0v) is 13.7. The number of aromatic nitrogens is 2. The molecule has 5 nitrogen and oxygen atoms in total. The highest BCUT2D eigenvalue weighted by Gasteiger charge is 2.17. The first-order valence-corrected chi connectivity index (χ1v) is 7.93. The molecule has 20 heavy (non-hydrogen) atoms. The zero-order valence-electron chi connectivity index (χ0n) is 12.8. The molecule has 0 saturated heterocycles. The monoisotopic (exact) mass is 295 g/mol. The second kappa shape index (κ2) is 6.56. The van der Waals surface area contributed by atoms with Gasteiger partial charge in [-0.25, -0.2) is 4.98 Å². The maximum absolute atomic E-state index is 5.99. The van der Waals surface area contributed by atoms with Crippen LogP contribution in [-0.4, -0.2) is 54.6 Å². The van der Waals surface area contributed by atoms with E-state index in [-0.39, 0.29) is 6.04 Å². The summed E-state index contributed by atoms with van der Waals surface area (Å²) in [6.07, 6.45) is 4.07. The van der Waals surface area contributed by atoms with E-state index >= 15 is 0 Å². The largest absolute Gasteiger partial charge is 0.358 e. The molecule has 0 amide bonds. The van der Waals surface area contributed by atoms with E-state index in [9.17, 15) is 0 Å². The van der Waals surface area contributed by atoms with E-state index in [1.54, 1.807) is 11.3 Å². The molecule has 2 aromatic rings. The Kier molecular flexibility index (Phi) is 5.01. The average Bonchev–Trinajstić information content (AvgIpc) is 2.90. The lowest BCUT2D eigenvalue weighted by molar-refractivity contribution is 0.401. The molecule has 0 bridgehead atoms. The summed E-state index contributed by atoms with van der Waals surface area (Å²) >= 11 is 1.67. The van der Waals surface area contributed by atoms with E-state index in [0.29, 0.717) is 0 Å². The summed E-state index contributed by atoms with van der Waals surface area (Å²) in [5.74, 6) is 1.08. The molecule has 1 unspecified atom stereocenters. The van der Waals surface area contributed by atoms with Crippen molar-refractivity contribution in [3.8, 4) is 0 Å². The van der Waals surface area contributed by atoms with Crippen LogP contribution in [-0.2, 0) is 6.42 Å². The van der Waals surface area contributed by atoms with Gasteiger partial charge >= 0.3 is 0 Å². The molecule has 0 aliphatic carbocycles. The molecule has 6 heteroatoms. The highest BCUT2D eigenvalue weighted by Crippen LogP contribution is 2.25. The number of hydrogen-bond acceptors (Lipinski definition) is 5. The van der Waals surface area contributed by atoms with Gasteiger partial charge in [0.15, 0.2) is 10.8 Å². The molecule has 0 radical (unpaired) electrons. The van der Waals surface area contributed by atoms with Crippen molar-refractivity contribution >= 4 is 22.1 Å². The van der Waals surface area contributed by atoms with Crippen LogP contribution in [0.5, 0.6) is 0 Å². The van der Waals surface area contributed by atoms with Crippen LogP contribution < -0.4 is 10.6 Å². The molecule has 0 spiro atoms. The van der Waals surface area contributed by atoms with Crippen molar-refractivity contribution in [1.29, 1.82) is 0 Å². The Hall–Kier alpha value is -1.11. The van der Waals surface area contributed by atoms with Crippen LogP contribution in [0.2, 0.25) is 0 Å². The maximum atomic E-state index is 5.99. The quantitative estimate of drug-likeness (QED) is 0.844. The lowest BCUT2D eigenvalue weighted by Crippen LogP contribution is -2.26. The lowest BCUT2D eigenvalue weighted by atomic mass is 10.2. The van der Waals surface area contributed by atoms with E-state index < -0.39 is 0 Å². The highest BCUT2D eigenvalue weighted by molar-refractivity contribution is 7.15. The summed E-state index contributed by atoms with van der Waals surface area (Å²) in [7, 11) is 6.33. The zero-order chi connectivity index (χ0) is 14.7. The first-order valence-electron chi connectivity index (χ1n) is 7.05. The number of anilines is 1. The Morgan fingerprint density at radius 1 is 1.35 bits per heavy atom. The minimum Gasteiger partial charge on any atom is -0.358 e. The standard InChI is InChI=1S/C14H25N5S/c1-11(15)10-12-13(16-14-19(12)8-9-20-14)18(4)7-5-6-17(2)3/h8-9,11H,5-7,10,15H2,1-4H3. The molecule has 0 saturated carbocycles. The number of rotatable bonds is 7. The van der Waals surface area contributed by atoms with Crippen LogP contribution in [0.1, 0.15) is 19.0 Å². The van der Waals surface area contributed by atoms with Gasteiger partial charge in [-0.3, -0.25) is 4.40 Å². The van der Waals surface area contributed by atoms with Crippen molar-refractivity contribution in [2.24, 2.45) is 5.73 Å². The van der Waals surface area contributed by atoms with Crippen molar-refractivity contribution in [2.45, 2.75) is 25.8 Å². The van der Waals surface area contributed by atoms with Crippen LogP contribution in [0, 0.1) is 0 Å². The first-order chi connectivity index (χ1) is 9.49. The van der Waals surface area contributed by atoms with Crippen molar-refractivity contribution < 1.29 is 0 Å². The third kappa shape index (κ3) is 3.50. The van der Waals surface area contributed by atoms with Crippen LogP contribution >= 0.6 is 11.3 Å². The predicted octanol–water partition coefficient (Wildman–Crippen LogP) is 1.67. The second-order valence-electron chi connectivity index (χ2n) is 5.70. The molecule has 112 valence electrons. The van der Waals surface area contributed by atoms with Gasteiger partial charge < -0.3 is 15.5 Å². The summed E-state index contributed by atoms with van der Waals surface area (Å²) in [5, 5.41) is 2.07. The Morgan fingerprint density at radius 2 is 2.10 bits per heavy atom. The minimum absolute atomic E-state index is 0.142. The van der Waals surface area contributed by atoms with Crippen molar-refractivity contribution in [2.75, 3.05) is 39.1 Å². The normalized spacial score (nSPS) is 13.3. The van der Waals surface area contributed by atoms with Crippen LogP contribution in [0.4, 0.5) is 5.82 Å². The molecule has 0 fully saturated rings. The Labute approximate surface area is 125 Å². The van der Waals surface area contributed by atoms with Gasteiger partial charge in [0.25, 0.3) is 0 Å². The number of thiazole rings is 1. The molecule has 2 N–H and O–H groups in total. The molecule has 2 heterocycles. The van der Waals surface area contributed by atoms with E-state index in [1.165, 1.54) is 5.69 Å². The Morgan fingerprint density at radius 3 is 2.75 bits per heavy atom. The minimum atomic E-state index is 0.142. The molecule has 0 aliphatic rings. The van der Waals surface area contributed by atoms with E-state index in [0.717, 1.165) is 36.7 Å². The summed E-state index contributed by atoms with van der Waals surface area (Å²) in [6.45, 7) is 4.14. The van der Waals surface area contributed by atoms with Gasteiger partial charge in [-0.2, -0.15) is 0 Å². The lowest BCUT2D eigenvalue weighted by Gasteiger charge is -2.20. The summed E-state index contributed by atoms with van der Waals surface area (Å²) in [4.78, 5) is 10.3. The Bertz CT molecular complexity index is 543. The van der Waals surface area contributed by atoms with Gasteiger partial charge in [0.1, 0.15) is 0 Å².